The minimum atomic E-state index is -0.335. The Balaban J connectivity index is 0.00000392. The Bertz CT molecular complexity index is 805. The van der Waals surface area contributed by atoms with Crippen molar-refractivity contribution in [1.29, 1.82) is 0 Å². The molecule has 5 nitrogen and oxygen atoms in total. The molecule has 0 bridgehead atoms. The summed E-state index contributed by atoms with van der Waals surface area (Å²) in [5, 5.41) is 5.92. The topological polar surface area (TPSA) is 84.2 Å². The third-order valence-electron chi connectivity index (χ3n) is 3.90. The number of anilines is 1. The van der Waals surface area contributed by atoms with Gasteiger partial charge in [0.2, 0.25) is 5.91 Å². The summed E-state index contributed by atoms with van der Waals surface area (Å²) in [7, 11) is 0. The Morgan fingerprint density at radius 3 is 2.36 bits per heavy atom. The van der Waals surface area contributed by atoms with Crippen LogP contribution in [0.1, 0.15) is 49.2 Å². The average Bonchev–Trinajstić information content (AvgIpc) is 2.60. The van der Waals surface area contributed by atoms with Gasteiger partial charge < -0.3 is 16.4 Å². The standard InChI is InChI=1S/C21H26ClN3O2.ClH/c1-21(2,3)12-19(26)25-15-9-10-17(22)16(11-15)20(27)24-13-18(23)14-7-5-4-6-8-14;/h4-11,18H,12-13,23H2,1-3H3,(H,24,27)(H,25,26);1H. The number of halogens is 2. The fourth-order valence-corrected chi connectivity index (χ4v) is 2.78. The predicted molar refractivity (Wildman–Crippen MR) is 117 cm³/mol. The van der Waals surface area contributed by atoms with Crippen molar-refractivity contribution >= 4 is 41.5 Å². The third-order valence-corrected chi connectivity index (χ3v) is 4.23. The summed E-state index contributed by atoms with van der Waals surface area (Å²) in [5.74, 6) is -0.444. The maximum Gasteiger partial charge on any atom is 0.252 e. The Labute approximate surface area is 177 Å². The van der Waals surface area contributed by atoms with Gasteiger partial charge in [-0.05, 0) is 29.2 Å². The van der Waals surface area contributed by atoms with E-state index in [9.17, 15) is 9.59 Å². The molecule has 7 heteroatoms. The van der Waals surface area contributed by atoms with Crippen LogP contribution in [0.25, 0.3) is 0 Å². The molecule has 0 radical (unpaired) electrons. The van der Waals surface area contributed by atoms with E-state index in [2.05, 4.69) is 10.6 Å². The molecule has 1 unspecified atom stereocenters. The summed E-state index contributed by atoms with van der Waals surface area (Å²) in [4.78, 5) is 24.6. The molecule has 0 aliphatic carbocycles. The normalized spacial score (nSPS) is 11.9. The van der Waals surface area contributed by atoms with E-state index in [1.54, 1.807) is 18.2 Å². The van der Waals surface area contributed by atoms with Crippen molar-refractivity contribution in [1.82, 2.24) is 5.32 Å². The number of nitrogens with one attached hydrogen (secondary N) is 2. The molecule has 152 valence electrons. The molecule has 0 aliphatic heterocycles. The quantitative estimate of drug-likeness (QED) is 0.635. The summed E-state index contributed by atoms with van der Waals surface area (Å²) in [6.45, 7) is 6.25. The zero-order valence-electron chi connectivity index (χ0n) is 16.3. The molecule has 1 atom stereocenters. The van der Waals surface area contributed by atoms with Crippen LogP contribution in [-0.4, -0.2) is 18.4 Å². The van der Waals surface area contributed by atoms with Crippen molar-refractivity contribution < 1.29 is 9.59 Å². The number of carbonyl (C=O) groups is 2. The van der Waals surface area contributed by atoms with Crippen LogP contribution in [0.4, 0.5) is 5.69 Å². The highest BCUT2D eigenvalue weighted by Crippen LogP contribution is 2.23. The lowest BCUT2D eigenvalue weighted by Gasteiger charge is -2.18. The van der Waals surface area contributed by atoms with Crippen molar-refractivity contribution in [2.75, 3.05) is 11.9 Å². The molecule has 28 heavy (non-hydrogen) atoms. The third kappa shape index (κ3) is 7.50. The summed E-state index contributed by atoms with van der Waals surface area (Å²) >= 11 is 6.16. The van der Waals surface area contributed by atoms with Crippen LogP contribution in [0.5, 0.6) is 0 Å². The predicted octanol–water partition coefficient (Wildman–Crippen LogP) is 4.57. The minimum absolute atomic E-state index is 0. The number of benzene rings is 2. The Hall–Kier alpha value is -2.08. The first-order valence-electron chi connectivity index (χ1n) is 8.84. The van der Waals surface area contributed by atoms with Crippen LogP contribution in [0.15, 0.2) is 48.5 Å². The summed E-state index contributed by atoms with van der Waals surface area (Å²) in [5.41, 5.74) is 7.76. The lowest BCUT2D eigenvalue weighted by molar-refractivity contribution is -0.117. The van der Waals surface area contributed by atoms with Crippen molar-refractivity contribution in [3.05, 3.63) is 64.7 Å². The summed E-state index contributed by atoms with van der Waals surface area (Å²) in [6.07, 6.45) is 0.378. The van der Waals surface area contributed by atoms with Gasteiger partial charge in [0.1, 0.15) is 0 Å². The number of amides is 2. The number of hydrogen-bond acceptors (Lipinski definition) is 3. The first kappa shape index (κ1) is 24.0. The van der Waals surface area contributed by atoms with E-state index in [4.69, 9.17) is 17.3 Å². The smallest absolute Gasteiger partial charge is 0.252 e. The van der Waals surface area contributed by atoms with Crippen LogP contribution in [-0.2, 0) is 4.79 Å². The maximum atomic E-state index is 12.5. The van der Waals surface area contributed by atoms with E-state index in [1.165, 1.54) is 0 Å². The lowest BCUT2D eigenvalue weighted by atomic mass is 9.92. The first-order valence-corrected chi connectivity index (χ1v) is 9.21. The number of rotatable bonds is 6. The van der Waals surface area contributed by atoms with Gasteiger partial charge >= 0.3 is 0 Å². The molecule has 2 aromatic carbocycles. The van der Waals surface area contributed by atoms with Crippen molar-refractivity contribution in [3.63, 3.8) is 0 Å². The van der Waals surface area contributed by atoms with Gasteiger partial charge in [-0.25, -0.2) is 0 Å². The monoisotopic (exact) mass is 423 g/mol. The van der Waals surface area contributed by atoms with E-state index in [1.807, 2.05) is 51.1 Å². The number of carbonyl (C=O) groups excluding carboxylic acids is 2. The van der Waals surface area contributed by atoms with Gasteiger partial charge in [-0.15, -0.1) is 12.4 Å². The van der Waals surface area contributed by atoms with Gasteiger partial charge in [0.15, 0.2) is 0 Å². The van der Waals surface area contributed by atoms with Gasteiger partial charge in [-0.2, -0.15) is 0 Å². The van der Waals surface area contributed by atoms with Crippen molar-refractivity contribution in [3.8, 4) is 0 Å². The highest BCUT2D eigenvalue weighted by molar-refractivity contribution is 6.34. The highest BCUT2D eigenvalue weighted by atomic mass is 35.5. The molecule has 2 aromatic rings. The van der Waals surface area contributed by atoms with Gasteiger partial charge in [-0.3, -0.25) is 9.59 Å². The van der Waals surface area contributed by atoms with Gasteiger partial charge in [0.05, 0.1) is 10.6 Å². The molecule has 0 saturated carbocycles. The largest absolute Gasteiger partial charge is 0.350 e. The van der Waals surface area contributed by atoms with Gasteiger partial charge in [0.25, 0.3) is 5.91 Å². The number of nitrogens with two attached hydrogens (primary N) is 1. The maximum absolute atomic E-state index is 12.5. The second-order valence-corrected chi connectivity index (χ2v) is 8.11. The van der Waals surface area contributed by atoms with E-state index in [0.717, 1.165) is 5.56 Å². The average molecular weight is 424 g/mol. The fraction of sp³-hybridized carbons (Fsp3) is 0.333. The molecule has 2 amide bonds. The molecule has 4 N–H and O–H groups in total. The molecule has 0 saturated heterocycles. The molecular formula is C21H27Cl2N3O2. The van der Waals surface area contributed by atoms with Crippen LogP contribution < -0.4 is 16.4 Å². The molecule has 0 heterocycles. The van der Waals surface area contributed by atoms with Crippen LogP contribution in [0, 0.1) is 5.41 Å². The van der Waals surface area contributed by atoms with E-state index in [-0.39, 0.29) is 42.2 Å². The van der Waals surface area contributed by atoms with E-state index >= 15 is 0 Å². The molecule has 0 aliphatic rings. The van der Waals surface area contributed by atoms with Crippen LogP contribution >= 0.6 is 24.0 Å². The summed E-state index contributed by atoms with van der Waals surface area (Å²) in [6, 6.07) is 14.1. The fourth-order valence-electron chi connectivity index (χ4n) is 2.58. The van der Waals surface area contributed by atoms with Gasteiger partial charge in [-0.1, -0.05) is 62.7 Å². The van der Waals surface area contributed by atoms with E-state index < -0.39 is 0 Å². The van der Waals surface area contributed by atoms with Crippen LogP contribution in [0.2, 0.25) is 5.02 Å². The van der Waals surface area contributed by atoms with Crippen LogP contribution in [0.3, 0.4) is 0 Å². The second-order valence-electron chi connectivity index (χ2n) is 7.71. The highest BCUT2D eigenvalue weighted by Gasteiger charge is 2.17. The molecular weight excluding hydrogens is 397 g/mol. The zero-order chi connectivity index (χ0) is 20.0. The van der Waals surface area contributed by atoms with Crippen molar-refractivity contribution in [2.24, 2.45) is 11.1 Å². The Kier molecular flexibility index (Phi) is 8.95. The zero-order valence-corrected chi connectivity index (χ0v) is 17.9. The minimum Gasteiger partial charge on any atom is -0.350 e. The molecule has 0 aromatic heterocycles. The van der Waals surface area contributed by atoms with Crippen molar-refractivity contribution in [2.45, 2.75) is 33.2 Å². The number of hydrogen-bond donors (Lipinski definition) is 3. The molecule has 2 rings (SSSR count). The van der Waals surface area contributed by atoms with E-state index in [0.29, 0.717) is 22.7 Å². The Morgan fingerprint density at radius 2 is 1.75 bits per heavy atom. The first-order chi connectivity index (χ1) is 12.7. The second kappa shape index (κ2) is 10.5. The Morgan fingerprint density at radius 1 is 1.11 bits per heavy atom. The van der Waals surface area contributed by atoms with Gasteiger partial charge in [0, 0.05) is 24.7 Å². The molecule has 0 spiro atoms. The summed E-state index contributed by atoms with van der Waals surface area (Å²) < 4.78 is 0. The lowest BCUT2D eigenvalue weighted by Crippen LogP contribution is -2.32. The SMILES string of the molecule is CC(C)(C)CC(=O)Nc1ccc(Cl)c(C(=O)NCC(N)c2ccccc2)c1.Cl. The molecule has 0 fully saturated rings.